The Morgan fingerprint density at radius 1 is 0.958 bits per heavy atom. The van der Waals surface area contributed by atoms with Gasteiger partial charge in [-0.1, -0.05) is 70.9 Å². The summed E-state index contributed by atoms with van der Waals surface area (Å²) >= 11 is 13.7. The van der Waals surface area contributed by atoms with Crippen LogP contribution in [0.15, 0.2) is 48.5 Å². The average molecular weight is 375 g/mol. The van der Waals surface area contributed by atoms with Crippen molar-refractivity contribution in [1.82, 2.24) is 19.8 Å². The largest absolute Gasteiger partial charge is 0.234 e. The smallest absolute Gasteiger partial charge is 0.187 e. The third kappa shape index (κ3) is 3.15. The van der Waals surface area contributed by atoms with Crippen LogP contribution in [0.1, 0.15) is 22.0 Å². The zero-order valence-electron chi connectivity index (χ0n) is 12.5. The van der Waals surface area contributed by atoms with Gasteiger partial charge in [0.2, 0.25) is 4.96 Å². The molecule has 2 heterocycles. The van der Waals surface area contributed by atoms with E-state index in [1.807, 2.05) is 34.8 Å². The summed E-state index contributed by atoms with van der Waals surface area (Å²) < 4.78 is 1.82. The standard InChI is InChI=1S/C17H12Cl2N4S/c18-13-7-6-12(14(19)10-13)9-16-22-23-15(20-21-17(23)24-16)8-11-4-2-1-3-5-11/h1-7,10H,8-9H2. The van der Waals surface area contributed by atoms with Gasteiger partial charge in [0, 0.05) is 22.9 Å². The molecule has 0 bridgehead atoms. The van der Waals surface area contributed by atoms with Crippen LogP contribution in [0.4, 0.5) is 0 Å². The molecule has 4 aromatic rings. The Morgan fingerprint density at radius 3 is 2.58 bits per heavy atom. The van der Waals surface area contributed by atoms with Crippen molar-refractivity contribution < 1.29 is 0 Å². The van der Waals surface area contributed by atoms with E-state index in [0.29, 0.717) is 22.9 Å². The SMILES string of the molecule is Clc1ccc(Cc2nn3c(Cc4ccccc4)nnc3s2)c(Cl)c1. The summed E-state index contributed by atoms with van der Waals surface area (Å²) in [6, 6.07) is 15.7. The number of hydrogen-bond acceptors (Lipinski definition) is 4. The average Bonchev–Trinajstić information content (AvgIpc) is 3.13. The highest BCUT2D eigenvalue weighted by Gasteiger charge is 2.13. The molecule has 0 aliphatic carbocycles. The molecule has 24 heavy (non-hydrogen) atoms. The summed E-state index contributed by atoms with van der Waals surface area (Å²) in [5.74, 6) is 0.834. The van der Waals surface area contributed by atoms with Crippen molar-refractivity contribution >= 4 is 39.5 Å². The van der Waals surface area contributed by atoms with Gasteiger partial charge in [-0.25, -0.2) is 0 Å². The Morgan fingerprint density at radius 2 is 1.79 bits per heavy atom. The van der Waals surface area contributed by atoms with Gasteiger partial charge in [0.15, 0.2) is 5.82 Å². The van der Waals surface area contributed by atoms with E-state index in [0.717, 1.165) is 21.4 Å². The molecular weight excluding hydrogens is 363 g/mol. The number of nitrogens with zero attached hydrogens (tertiary/aromatic N) is 4. The molecule has 7 heteroatoms. The molecule has 0 spiro atoms. The Hall–Kier alpha value is -1.95. The monoisotopic (exact) mass is 374 g/mol. The third-order valence-corrected chi connectivity index (χ3v) is 5.14. The summed E-state index contributed by atoms with van der Waals surface area (Å²) in [5, 5.41) is 15.3. The minimum Gasteiger partial charge on any atom is -0.187 e. The molecule has 0 unspecified atom stereocenters. The third-order valence-electron chi connectivity index (χ3n) is 3.66. The van der Waals surface area contributed by atoms with E-state index in [2.05, 4.69) is 27.4 Å². The molecule has 0 N–H and O–H groups in total. The van der Waals surface area contributed by atoms with Crippen molar-refractivity contribution in [1.29, 1.82) is 0 Å². The van der Waals surface area contributed by atoms with Crippen molar-refractivity contribution in [3.05, 3.63) is 80.5 Å². The van der Waals surface area contributed by atoms with Gasteiger partial charge >= 0.3 is 0 Å². The van der Waals surface area contributed by atoms with E-state index in [1.54, 1.807) is 6.07 Å². The summed E-state index contributed by atoms with van der Waals surface area (Å²) in [6.45, 7) is 0. The van der Waals surface area contributed by atoms with Crippen molar-refractivity contribution in [2.45, 2.75) is 12.8 Å². The summed E-state index contributed by atoms with van der Waals surface area (Å²) in [4.78, 5) is 0.793. The number of halogens is 2. The lowest BCUT2D eigenvalue weighted by atomic mass is 10.1. The Balaban J connectivity index is 1.62. The Kier molecular flexibility index (Phi) is 4.22. The van der Waals surface area contributed by atoms with Crippen LogP contribution in [0.3, 0.4) is 0 Å². The number of fused-ring (bicyclic) bond motifs is 1. The lowest BCUT2D eigenvalue weighted by molar-refractivity contribution is 0.830. The molecule has 2 aromatic carbocycles. The molecule has 4 rings (SSSR count). The maximum atomic E-state index is 6.25. The minimum absolute atomic E-state index is 0.632. The van der Waals surface area contributed by atoms with E-state index < -0.39 is 0 Å². The summed E-state index contributed by atoms with van der Waals surface area (Å²) in [7, 11) is 0. The van der Waals surface area contributed by atoms with Crippen LogP contribution in [0.25, 0.3) is 4.96 Å². The Bertz CT molecular complexity index is 994. The Labute approximate surface area is 152 Å². The highest BCUT2D eigenvalue weighted by molar-refractivity contribution is 7.16. The first-order valence-corrected chi connectivity index (χ1v) is 8.94. The molecule has 4 nitrogen and oxygen atoms in total. The first-order valence-electron chi connectivity index (χ1n) is 7.37. The van der Waals surface area contributed by atoms with Crippen molar-refractivity contribution in [3.8, 4) is 0 Å². The second-order valence-corrected chi connectivity index (χ2v) is 7.27. The maximum absolute atomic E-state index is 6.25. The molecule has 120 valence electrons. The van der Waals surface area contributed by atoms with E-state index in [9.17, 15) is 0 Å². The van der Waals surface area contributed by atoms with Gasteiger partial charge in [-0.3, -0.25) is 0 Å². The zero-order valence-corrected chi connectivity index (χ0v) is 14.8. The van der Waals surface area contributed by atoms with Crippen LogP contribution in [-0.2, 0) is 12.8 Å². The fourth-order valence-electron chi connectivity index (χ4n) is 2.49. The fraction of sp³-hybridized carbons (Fsp3) is 0.118. The molecule has 0 aliphatic heterocycles. The highest BCUT2D eigenvalue weighted by atomic mass is 35.5. The second-order valence-electron chi connectivity index (χ2n) is 5.38. The van der Waals surface area contributed by atoms with Gasteiger partial charge in [-0.2, -0.15) is 9.61 Å². The van der Waals surface area contributed by atoms with Gasteiger partial charge in [0.05, 0.1) is 0 Å². The number of benzene rings is 2. The number of aromatic nitrogens is 4. The molecule has 0 aliphatic rings. The van der Waals surface area contributed by atoms with Crippen molar-refractivity contribution in [3.63, 3.8) is 0 Å². The lowest BCUT2D eigenvalue weighted by Crippen LogP contribution is -1.99. The van der Waals surface area contributed by atoms with Crippen molar-refractivity contribution in [2.24, 2.45) is 0 Å². The molecule has 0 atom stereocenters. The van der Waals surface area contributed by atoms with E-state index in [1.165, 1.54) is 16.9 Å². The molecule has 2 aromatic heterocycles. The van der Waals surface area contributed by atoms with Crippen LogP contribution in [0, 0.1) is 0 Å². The number of rotatable bonds is 4. The summed E-state index contributed by atoms with van der Waals surface area (Å²) in [6.07, 6.45) is 1.35. The van der Waals surface area contributed by atoms with Crippen LogP contribution >= 0.6 is 34.5 Å². The molecule has 0 saturated carbocycles. The van der Waals surface area contributed by atoms with Gasteiger partial charge in [-0.05, 0) is 23.3 Å². The van der Waals surface area contributed by atoms with Gasteiger partial charge in [0.1, 0.15) is 5.01 Å². The van der Waals surface area contributed by atoms with Crippen LogP contribution in [-0.4, -0.2) is 19.8 Å². The molecular formula is C17H12Cl2N4S. The summed E-state index contributed by atoms with van der Waals surface area (Å²) in [5.41, 5.74) is 2.18. The number of hydrogen-bond donors (Lipinski definition) is 0. The predicted molar refractivity (Wildman–Crippen MR) is 97.2 cm³/mol. The first kappa shape index (κ1) is 15.6. The normalized spacial score (nSPS) is 11.2. The first-order chi connectivity index (χ1) is 11.7. The van der Waals surface area contributed by atoms with Gasteiger partial charge in [-0.15, -0.1) is 10.2 Å². The lowest BCUT2D eigenvalue weighted by Gasteiger charge is -2.01. The highest BCUT2D eigenvalue weighted by Crippen LogP contribution is 2.25. The molecule has 0 fully saturated rings. The fourth-order valence-corrected chi connectivity index (χ4v) is 3.84. The van der Waals surface area contributed by atoms with Crippen LogP contribution in [0.2, 0.25) is 10.0 Å². The topological polar surface area (TPSA) is 43.1 Å². The van der Waals surface area contributed by atoms with E-state index >= 15 is 0 Å². The van der Waals surface area contributed by atoms with Crippen molar-refractivity contribution in [2.75, 3.05) is 0 Å². The van der Waals surface area contributed by atoms with Crippen LogP contribution < -0.4 is 0 Å². The minimum atomic E-state index is 0.632. The molecule has 0 amide bonds. The quantitative estimate of drug-likeness (QED) is 0.520. The van der Waals surface area contributed by atoms with E-state index in [4.69, 9.17) is 23.2 Å². The van der Waals surface area contributed by atoms with Crippen LogP contribution in [0.5, 0.6) is 0 Å². The molecule has 0 radical (unpaired) electrons. The zero-order chi connectivity index (χ0) is 16.5. The second kappa shape index (κ2) is 6.51. The molecule has 0 saturated heterocycles. The van der Waals surface area contributed by atoms with Gasteiger partial charge < -0.3 is 0 Å². The van der Waals surface area contributed by atoms with Gasteiger partial charge in [0.25, 0.3) is 0 Å². The predicted octanol–water partition coefficient (Wildman–Crippen LogP) is 4.67. The maximum Gasteiger partial charge on any atom is 0.234 e. The van der Waals surface area contributed by atoms with E-state index in [-0.39, 0.29) is 0 Å².